The van der Waals surface area contributed by atoms with Gasteiger partial charge in [-0.05, 0) is 17.0 Å². The van der Waals surface area contributed by atoms with Crippen molar-refractivity contribution in [2.75, 3.05) is 5.75 Å². The highest BCUT2D eigenvalue weighted by Crippen LogP contribution is 2.60. The second-order valence-electron chi connectivity index (χ2n) is 5.83. The zero-order chi connectivity index (χ0) is 23.6. The molecule has 0 fully saturated rings. The molecule has 0 aliphatic carbocycles. The molecule has 1 aromatic carbocycles. The summed E-state index contributed by atoms with van der Waals surface area (Å²) in [7, 11) is 0. The highest BCUT2D eigenvalue weighted by atomic mass is 32.2. The maximum Gasteiger partial charge on any atom is 0.460 e. The van der Waals surface area contributed by atoms with Gasteiger partial charge < -0.3 is 0 Å². The van der Waals surface area contributed by atoms with Crippen molar-refractivity contribution >= 4 is 17.8 Å². The van der Waals surface area contributed by atoms with E-state index in [4.69, 9.17) is 0 Å². The Kier molecular flexibility index (Phi) is 7.49. The van der Waals surface area contributed by atoms with Gasteiger partial charge in [0.2, 0.25) is 0 Å². The quantitative estimate of drug-likeness (QED) is 0.259. The van der Waals surface area contributed by atoms with E-state index in [1.807, 2.05) is 0 Å². The lowest BCUT2D eigenvalue weighted by molar-refractivity contribution is -0.439. The van der Waals surface area contributed by atoms with Gasteiger partial charge in [-0.2, -0.15) is 57.1 Å². The van der Waals surface area contributed by atoms with Gasteiger partial charge in [-0.1, -0.05) is 30.3 Å². The van der Waals surface area contributed by atoms with Crippen LogP contribution in [0.1, 0.15) is 12.0 Å². The van der Waals surface area contributed by atoms with Crippen LogP contribution < -0.4 is 0 Å². The largest absolute Gasteiger partial charge is 0.460 e. The van der Waals surface area contributed by atoms with Gasteiger partial charge in [0.15, 0.2) is 0 Å². The van der Waals surface area contributed by atoms with Crippen molar-refractivity contribution in [3.8, 4) is 0 Å². The smallest absolute Gasteiger partial charge is 0.200 e. The molecular weight excluding hydrogens is 471 g/mol. The second-order valence-corrected chi connectivity index (χ2v) is 6.85. The standard InChI is InChI=1S/C16H11F13S/c17-11(18,7-9-30-8-6-10-4-2-1-3-5-10)12(19,20)13(21,22)14(23,24)15(25,26)16(27,28)29/h1-6,8H,7,9H2/b8-6+. The summed E-state index contributed by atoms with van der Waals surface area (Å²) >= 11 is 0.365. The molecule has 0 radical (unpaired) electrons. The minimum Gasteiger partial charge on any atom is -0.200 e. The zero-order valence-electron chi connectivity index (χ0n) is 14.3. The fraction of sp³-hybridized carbons (Fsp3) is 0.500. The molecule has 0 saturated carbocycles. The predicted molar refractivity (Wildman–Crippen MR) is 83.3 cm³/mol. The fourth-order valence-corrected chi connectivity index (χ4v) is 2.67. The van der Waals surface area contributed by atoms with E-state index in [0.29, 0.717) is 17.3 Å². The van der Waals surface area contributed by atoms with Crippen molar-refractivity contribution in [2.45, 2.75) is 42.2 Å². The van der Waals surface area contributed by atoms with Gasteiger partial charge in [0.25, 0.3) is 0 Å². The number of rotatable bonds is 9. The van der Waals surface area contributed by atoms with Crippen LogP contribution in [0.2, 0.25) is 0 Å². The molecule has 0 N–H and O–H groups in total. The number of hydrogen-bond donors (Lipinski definition) is 0. The first-order valence-corrected chi connectivity index (χ1v) is 8.67. The average Bonchev–Trinajstić information content (AvgIpc) is 2.60. The summed E-state index contributed by atoms with van der Waals surface area (Å²) < 4.78 is 168. The van der Waals surface area contributed by atoms with E-state index in [1.165, 1.54) is 6.08 Å². The first-order chi connectivity index (χ1) is 13.3. The van der Waals surface area contributed by atoms with Crippen LogP contribution in [0.3, 0.4) is 0 Å². The topological polar surface area (TPSA) is 0 Å². The maximum absolute atomic E-state index is 13.5. The van der Waals surface area contributed by atoms with E-state index in [2.05, 4.69) is 0 Å². The summed E-state index contributed by atoms with van der Waals surface area (Å²) in [5.41, 5.74) is 0.530. The lowest BCUT2D eigenvalue weighted by Crippen LogP contribution is -2.70. The molecule has 0 bridgehead atoms. The molecule has 0 spiro atoms. The van der Waals surface area contributed by atoms with Crippen LogP contribution >= 0.6 is 11.8 Å². The second kappa shape index (κ2) is 8.50. The maximum atomic E-state index is 13.5. The van der Waals surface area contributed by atoms with Crippen molar-refractivity contribution in [3.05, 3.63) is 41.3 Å². The molecule has 1 aromatic rings. The molecule has 0 saturated heterocycles. The Morgan fingerprint density at radius 2 is 1.10 bits per heavy atom. The Morgan fingerprint density at radius 1 is 0.633 bits per heavy atom. The first-order valence-electron chi connectivity index (χ1n) is 7.62. The van der Waals surface area contributed by atoms with Crippen molar-refractivity contribution in [1.29, 1.82) is 0 Å². The van der Waals surface area contributed by atoms with Crippen molar-refractivity contribution < 1.29 is 57.1 Å². The van der Waals surface area contributed by atoms with Crippen LogP contribution in [-0.4, -0.2) is 41.5 Å². The number of alkyl halides is 13. The molecule has 0 heterocycles. The zero-order valence-corrected chi connectivity index (χ0v) is 15.1. The molecule has 0 amide bonds. The summed E-state index contributed by atoms with van der Waals surface area (Å²) in [4.78, 5) is 0. The molecule has 0 aliphatic heterocycles. The summed E-state index contributed by atoms with van der Waals surface area (Å²) in [6, 6.07) is 7.88. The Hall–Kier alpha value is -1.60. The number of benzene rings is 1. The SMILES string of the molecule is FC(F)(F)C(F)(F)C(F)(F)C(F)(F)C(F)(F)C(F)(F)CCS/C=C/c1ccccc1. The Bertz CT molecular complexity index is 722. The van der Waals surface area contributed by atoms with Crippen LogP contribution in [0.15, 0.2) is 35.7 Å². The lowest BCUT2D eigenvalue weighted by atomic mass is 9.93. The van der Waals surface area contributed by atoms with Gasteiger partial charge in [-0.15, -0.1) is 11.8 Å². The van der Waals surface area contributed by atoms with Crippen LogP contribution in [0, 0.1) is 0 Å². The Balaban J connectivity index is 2.98. The van der Waals surface area contributed by atoms with E-state index in [0.717, 1.165) is 5.41 Å². The van der Waals surface area contributed by atoms with Gasteiger partial charge in [-0.25, -0.2) is 0 Å². The summed E-state index contributed by atoms with van der Waals surface area (Å²) in [6.45, 7) is 0. The number of thioether (sulfide) groups is 1. The highest BCUT2D eigenvalue weighted by molar-refractivity contribution is 8.02. The summed E-state index contributed by atoms with van der Waals surface area (Å²) in [6.07, 6.45) is -8.32. The minimum atomic E-state index is -7.86. The third-order valence-corrected chi connectivity index (χ3v) is 4.46. The van der Waals surface area contributed by atoms with Gasteiger partial charge in [0, 0.05) is 12.2 Å². The van der Waals surface area contributed by atoms with Crippen LogP contribution in [0.4, 0.5) is 57.1 Å². The van der Waals surface area contributed by atoms with E-state index >= 15 is 0 Å². The molecule has 30 heavy (non-hydrogen) atoms. The van der Waals surface area contributed by atoms with E-state index in [-0.39, 0.29) is 0 Å². The van der Waals surface area contributed by atoms with E-state index < -0.39 is 48.0 Å². The monoisotopic (exact) mass is 482 g/mol. The number of halogens is 13. The van der Waals surface area contributed by atoms with E-state index in [1.54, 1.807) is 30.3 Å². The van der Waals surface area contributed by atoms with Crippen molar-refractivity contribution in [3.63, 3.8) is 0 Å². The first kappa shape index (κ1) is 26.4. The molecular formula is C16H11F13S. The third kappa shape index (κ3) is 4.67. The third-order valence-electron chi connectivity index (χ3n) is 3.69. The van der Waals surface area contributed by atoms with E-state index in [9.17, 15) is 57.1 Å². The van der Waals surface area contributed by atoms with Gasteiger partial charge in [0.1, 0.15) is 0 Å². The minimum absolute atomic E-state index is 0.365. The average molecular weight is 482 g/mol. The van der Waals surface area contributed by atoms with Gasteiger partial charge in [-0.3, -0.25) is 0 Å². The molecule has 0 aromatic heterocycles. The fourth-order valence-electron chi connectivity index (χ4n) is 1.91. The Labute approximate surface area is 165 Å². The predicted octanol–water partition coefficient (Wildman–Crippen LogP) is 7.52. The normalized spacial score (nSPS) is 15.1. The summed E-state index contributed by atoms with van der Waals surface area (Å²) in [5.74, 6) is -37.6. The molecule has 1 rings (SSSR count). The molecule has 172 valence electrons. The highest BCUT2D eigenvalue weighted by Gasteiger charge is 2.90. The molecule has 0 atom stereocenters. The van der Waals surface area contributed by atoms with Crippen molar-refractivity contribution in [1.82, 2.24) is 0 Å². The van der Waals surface area contributed by atoms with Crippen LogP contribution in [0.25, 0.3) is 6.08 Å². The number of hydrogen-bond acceptors (Lipinski definition) is 1. The van der Waals surface area contributed by atoms with Crippen LogP contribution in [0.5, 0.6) is 0 Å². The Morgan fingerprint density at radius 3 is 1.57 bits per heavy atom. The molecule has 0 aliphatic rings. The van der Waals surface area contributed by atoms with Crippen molar-refractivity contribution in [2.24, 2.45) is 0 Å². The van der Waals surface area contributed by atoms with Gasteiger partial charge in [0.05, 0.1) is 0 Å². The van der Waals surface area contributed by atoms with Crippen LogP contribution in [-0.2, 0) is 0 Å². The lowest BCUT2D eigenvalue weighted by Gasteiger charge is -2.39. The molecule has 0 unspecified atom stereocenters. The van der Waals surface area contributed by atoms with Gasteiger partial charge >= 0.3 is 35.8 Å². The molecule has 0 nitrogen and oxygen atoms in total. The summed E-state index contributed by atoms with van der Waals surface area (Å²) in [5, 5.41) is 1.08. The molecule has 14 heteroatoms.